The van der Waals surface area contributed by atoms with Gasteiger partial charge in [-0.25, -0.2) is 15.0 Å². The van der Waals surface area contributed by atoms with Crippen LogP contribution < -0.4 is 20.2 Å². The largest absolute Gasteiger partial charge is 0.423 e. The molecule has 0 fully saturated rings. The second-order valence-electron chi connectivity index (χ2n) is 8.32. The topological polar surface area (TPSA) is 123 Å². The minimum Gasteiger partial charge on any atom is -0.423 e. The molecule has 0 heterocycles. The molecule has 4 aromatic rings. The fourth-order valence-electron chi connectivity index (χ4n) is 3.36. The molecule has 9 nitrogen and oxygen atoms in total. The van der Waals surface area contributed by atoms with Crippen LogP contribution in [0.1, 0.15) is 36.6 Å². The Morgan fingerprint density at radius 3 is 1.98 bits per heavy atom. The van der Waals surface area contributed by atoms with Crippen LogP contribution in [0.15, 0.2) is 102 Å². The first-order valence-electron chi connectivity index (χ1n) is 12.0. The van der Waals surface area contributed by atoms with Gasteiger partial charge in [-0.15, -0.1) is 0 Å². The van der Waals surface area contributed by atoms with E-state index in [0.29, 0.717) is 21.7 Å². The average molecular weight is 590 g/mol. The van der Waals surface area contributed by atoms with Gasteiger partial charge in [-0.2, -0.15) is 5.10 Å². The average Bonchev–Trinajstić information content (AvgIpc) is 2.99. The van der Waals surface area contributed by atoms with Crippen LogP contribution in [-0.2, 0) is 4.79 Å². The summed E-state index contributed by atoms with van der Waals surface area (Å²) in [4.78, 5) is 49.7. The Balaban J connectivity index is 1.44. The van der Waals surface area contributed by atoms with E-state index < -0.39 is 23.8 Å². The molecule has 2 N–H and O–H groups in total. The van der Waals surface area contributed by atoms with Gasteiger partial charge < -0.3 is 14.8 Å². The van der Waals surface area contributed by atoms with Crippen LogP contribution in [0.25, 0.3) is 0 Å². The highest BCUT2D eigenvalue weighted by Crippen LogP contribution is 2.26. The standard InChI is InChI=1S/C30H21Cl2N3O6/c31-24-14-12-21(15-25(24)32)28(37)33-18-27(36)35-34-17-22-11-13-23(40-29(38)19-7-3-1-4-8-19)16-26(22)41-30(39)20-9-5-2-6-10-20/h1-17H,18H2,(H,33,37)(H,35,36). The summed E-state index contributed by atoms with van der Waals surface area (Å²) in [6.45, 7) is -0.374. The van der Waals surface area contributed by atoms with E-state index in [1.165, 1.54) is 42.6 Å². The molecule has 4 aromatic carbocycles. The van der Waals surface area contributed by atoms with Gasteiger partial charge in [0.25, 0.3) is 11.8 Å². The van der Waals surface area contributed by atoms with Crippen LogP contribution in [0.5, 0.6) is 11.5 Å². The summed E-state index contributed by atoms with van der Waals surface area (Å²) >= 11 is 11.8. The summed E-state index contributed by atoms with van der Waals surface area (Å²) in [5.41, 5.74) is 3.45. The minimum absolute atomic E-state index is 0.0307. The van der Waals surface area contributed by atoms with E-state index in [2.05, 4.69) is 15.8 Å². The van der Waals surface area contributed by atoms with E-state index in [-0.39, 0.29) is 28.6 Å². The fraction of sp³-hybridized carbons (Fsp3) is 0.0333. The first-order chi connectivity index (χ1) is 19.8. The molecule has 0 atom stereocenters. The van der Waals surface area contributed by atoms with E-state index in [1.54, 1.807) is 60.7 Å². The number of amides is 2. The maximum absolute atomic E-state index is 12.7. The Morgan fingerprint density at radius 1 is 0.707 bits per heavy atom. The molecule has 0 saturated heterocycles. The smallest absolute Gasteiger partial charge is 0.343 e. The number of carbonyl (C=O) groups excluding carboxylic acids is 4. The molecule has 0 aliphatic carbocycles. The number of carbonyl (C=O) groups is 4. The van der Waals surface area contributed by atoms with Crippen LogP contribution in [0.3, 0.4) is 0 Å². The molecule has 2 amide bonds. The molecule has 0 aliphatic rings. The summed E-state index contributed by atoms with van der Waals surface area (Å²) in [5.74, 6) is -2.24. The number of benzene rings is 4. The molecule has 0 saturated carbocycles. The summed E-state index contributed by atoms with van der Waals surface area (Å²) in [6.07, 6.45) is 1.25. The Hall–Kier alpha value is -4.99. The fourth-order valence-corrected chi connectivity index (χ4v) is 3.66. The maximum Gasteiger partial charge on any atom is 0.343 e. The molecule has 0 aliphatic heterocycles. The van der Waals surface area contributed by atoms with Gasteiger partial charge in [0.2, 0.25) is 0 Å². The van der Waals surface area contributed by atoms with Crippen molar-refractivity contribution in [2.75, 3.05) is 6.54 Å². The number of hydrazone groups is 1. The number of nitrogens with one attached hydrogen (secondary N) is 2. The third kappa shape index (κ3) is 8.25. The van der Waals surface area contributed by atoms with E-state index in [1.807, 2.05) is 0 Å². The van der Waals surface area contributed by atoms with Crippen molar-refractivity contribution < 1.29 is 28.7 Å². The predicted octanol–water partition coefficient (Wildman–Crippen LogP) is 5.31. The van der Waals surface area contributed by atoms with Gasteiger partial charge in [-0.05, 0) is 54.6 Å². The molecular weight excluding hydrogens is 569 g/mol. The molecule has 41 heavy (non-hydrogen) atoms. The van der Waals surface area contributed by atoms with Crippen molar-refractivity contribution in [2.45, 2.75) is 0 Å². The lowest BCUT2D eigenvalue weighted by Gasteiger charge is -2.10. The lowest BCUT2D eigenvalue weighted by molar-refractivity contribution is -0.120. The van der Waals surface area contributed by atoms with Gasteiger partial charge in [0.1, 0.15) is 11.5 Å². The van der Waals surface area contributed by atoms with Crippen LogP contribution in [-0.4, -0.2) is 36.5 Å². The number of rotatable bonds is 9. The minimum atomic E-state index is -0.652. The summed E-state index contributed by atoms with van der Waals surface area (Å²) < 4.78 is 11.0. The molecule has 0 unspecified atom stereocenters. The zero-order chi connectivity index (χ0) is 29.2. The molecule has 0 radical (unpaired) electrons. The molecule has 0 spiro atoms. The van der Waals surface area contributed by atoms with Crippen molar-refractivity contribution in [1.82, 2.24) is 10.7 Å². The quantitative estimate of drug-likeness (QED) is 0.118. The van der Waals surface area contributed by atoms with Gasteiger partial charge in [0.05, 0.1) is 33.9 Å². The lowest BCUT2D eigenvalue weighted by atomic mass is 10.2. The van der Waals surface area contributed by atoms with Crippen molar-refractivity contribution in [3.05, 3.63) is 129 Å². The summed E-state index contributed by atoms with van der Waals surface area (Å²) in [6, 6.07) is 25.4. The van der Waals surface area contributed by atoms with Gasteiger partial charge in [-0.3, -0.25) is 9.59 Å². The van der Waals surface area contributed by atoms with E-state index in [4.69, 9.17) is 32.7 Å². The number of esters is 2. The van der Waals surface area contributed by atoms with Crippen LogP contribution >= 0.6 is 23.2 Å². The van der Waals surface area contributed by atoms with Crippen molar-refractivity contribution >= 4 is 53.2 Å². The Kier molecular flexibility index (Phi) is 9.82. The number of ether oxygens (including phenoxy) is 2. The molecule has 11 heteroatoms. The molecular formula is C30H21Cl2N3O6. The van der Waals surface area contributed by atoms with E-state index in [0.717, 1.165) is 0 Å². The van der Waals surface area contributed by atoms with Gasteiger partial charge in [0, 0.05) is 17.2 Å². The monoisotopic (exact) mass is 589 g/mol. The van der Waals surface area contributed by atoms with Gasteiger partial charge in [-0.1, -0.05) is 59.6 Å². The third-order valence-electron chi connectivity index (χ3n) is 5.40. The highest BCUT2D eigenvalue weighted by molar-refractivity contribution is 6.42. The zero-order valence-corrected chi connectivity index (χ0v) is 22.7. The number of halogens is 2. The molecule has 0 aromatic heterocycles. The Morgan fingerprint density at radius 2 is 1.34 bits per heavy atom. The number of hydrogen-bond donors (Lipinski definition) is 2. The van der Waals surface area contributed by atoms with Crippen molar-refractivity contribution in [3.63, 3.8) is 0 Å². The lowest BCUT2D eigenvalue weighted by Crippen LogP contribution is -2.34. The summed E-state index contributed by atoms with van der Waals surface area (Å²) in [5, 5.41) is 6.83. The van der Waals surface area contributed by atoms with Crippen molar-refractivity contribution in [2.24, 2.45) is 5.10 Å². The first kappa shape index (κ1) is 29.0. The van der Waals surface area contributed by atoms with Crippen LogP contribution in [0, 0.1) is 0 Å². The number of hydrogen-bond acceptors (Lipinski definition) is 7. The molecule has 0 bridgehead atoms. The van der Waals surface area contributed by atoms with Crippen LogP contribution in [0.4, 0.5) is 0 Å². The highest BCUT2D eigenvalue weighted by Gasteiger charge is 2.15. The number of nitrogens with zero attached hydrogens (tertiary/aromatic N) is 1. The molecule has 206 valence electrons. The SMILES string of the molecule is O=C(CNC(=O)c1ccc(Cl)c(Cl)c1)NN=Cc1ccc(OC(=O)c2ccccc2)cc1OC(=O)c1ccccc1. The second kappa shape index (κ2) is 13.9. The normalized spacial score (nSPS) is 10.6. The van der Waals surface area contributed by atoms with Gasteiger partial charge in [0.15, 0.2) is 0 Å². The first-order valence-corrected chi connectivity index (χ1v) is 12.8. The second-order valence-corrected chi connectivity index (χ2v) is 9.13. The summed E-state index contributed by atoms with van der Waals surface area (Å²) in [7, 11) is 0. The van der Waals surface area contributed by atoms with E-state index >= 15 is 0 Å². The zero-order valence-electron chi connectivity index (χ0n) is 21.2. The van der Waals surface area contributed by atoms with Crippen molar-refractivity contribution in [3.8, 4) is 11.5 Å². The Bertz CT molecular complexity index is 1610. The predicted molar refractivity (Wildman–Crippen MR) is 154 cm³/mol. The van der Waals surface area contributed by atoms with Crippen molar-refractivity contribution in [1.29, 1.82) is 0 Å². The van der Waals surface area contributed by atoms with Gasteiger partial charge >= 0.3 is 11.9 Å². The molecule has 4 rings (SSSR count). The van der Waals surface area contributed by atoms with Crippen LogP contribution in [0.2, 0.25) is 10.0 Å². The van der Waals surface area contributed by atoms with E-state index in [9.17, 15) is 19.2 Å². The maximum atomic E-state index is 12.7. The third-order valence-corrected chi connectivity index (χ3v) is 6.14. The highest BCUT2D eigenvalue weighted by atomic mass is 35.5. The Labute approximate surface area is 244 Å².